The number of carbonyl (C=O) groups excluding carboxylic acids is 2. The van der Waals surface area contributed by atoms with Gasteiger partial charge in [-0.3, -0.25) is 4.79 Å². The van der Waals surface area contributed by atoms with Gasteiger partial charge in [0.2, 0.25) is 0 Å². The van der Waals surface area contributed by atoms with Gasteiger partial charge in [0.25, 0.3) is 5.91 Å². The standard InChI is InChI=1S/C16H19NO4/c1-10(15(19)21-16(2,3)4)17-14(18)13-9-11-7-5-6-8-12(11)20-13/h5-10H,1-4H3,(H,17,18)/t10-/m0/s1. The lowest BCUT2D eigenvalue weighted by molar-refractivity contribution is -0.156. The van der Waals surface area contributed by atoms with E-state index < -0.39 is 23.5 Å². The van der Waals surface area contributed by atoms with E-state index in [2.05, 4.69) is 5.32 Å². The minimum atomic E-state index is -0.745. The molecular weight excluding hydrogens is 270 g/mol. The number of esters is 1. The molecule has 0 saturated heterocycles. The quantitative estimate of drug-likeness (QED) is 0.882. The minimum Gasteiger partial charge on any atom is -0.458 e. The fourth-order valence-electron chi connectivity index (χ4n) is 1.81. The molecule has 5 heteroatoms. The Morgan fingerprint density at radius 3 is 2.52 bits per heavy atom. The third-order valence-corrected chi connectivity index (χ3v) is 2.76. The number of fused-ring (bicyclic) bond motifs is 1. The number of rotatable bonds is 3. The molecule has 0 aliphatic heterocycles. The molecule has 1 N–H and O–H groups in total. The van der Waals surface area contributed by atoms with Gasteiger partial charge in [-0.25, -0.2) is 4.79 Å². The SMILES string of the molecule is C[C@H](NC(=O)c1cc2ccccc2o1)C(=O)OC(C)(C)C. The van der Waals surface area contributed by atoms with Crippen LogP contribution in [0.4, 0.5) is 0 Å². The molecule has 0 aliphatic carbocycles. The molecule has 0 unspecified atom stereocenters. The van der Waals surface area contributed by atoms with Gasteiger partial charge in [0.05, 0.1) is 0 Å². The average Bonchev–Trinajstić information content (AvgIpc) is 2.80. The van der Waals surface area contributed by atoms with Crippen LogP contribution in [-0.2, 0) is 9.53 Å². The van der Waals surface area contributed by atoms with Crippen LogP contribution in [0.2, 0.25) is 0 Å². The van der Waals surface area contributed by atoms with Crippen LogP contribution in [0.5, 0.6) is 0 Å². The molecule has 2 rings (SSSR count). The summed E-state index contributed by atoms with van der Waals surface area (Å²) in [4.78, 5) is 23.9. The predicted molar refractivity (Wildman–Crippen MR) is 79.0 cm³/mol. The maximum Gasteiger partial charge on any atom is 0.328 e. The van der Waals surface area contributed by atoms with E-state index in [0.717, 1.165) is 5.39 Å². The fourth-order valence-corrected chi connectivity index (χ4v) is 1.81. The van der Waals surface area contributed by atoms with Crippen molar-refractivity contribution in [3.63, 3.8) is 0 Å². The van der Waals surface area contributed by atoms with E-state index in [0.29, 0.717) is 5.58 Å². The molecule has 0 radical (unpaired) electrons. The van der Waals surface area contributed by atoms with Gasteiger partial charge in [0.1, 0.15) is 17.2 Å². The van der Waals surface area contributed by atoms with Crippen molar-refractivity contribution in [3.05, 3.63) is 36.1 Å². The van der Waals surface area contributed by atoms with Crippen LogP contribution >= 0.6 is 0 Å². The Hall–Kier alpha value is -2.30. The molecule has 1 aromatic heterocycles. The minimum absolute atomic E-state index is 0.173. The van der Waals surface area contributed by atoms with Crippen molar-refractivity contribution in [2.24, 2.45) is 0 Å². The molecule has 5 nitrogen and oxygen atoms in total. The van der Waals surface area contributed by atoms with E-state index in [1.807, 2.05) is 18.2 Å². The van der Waals surface area contributed by atoms with Crippen LogP contribution in [0.25, 0.3) is 11.0 Å². The van der Waals surface area contributed by atoms with Gasteiger partial charge in [0.15, 0.2) is 5.76 Å². The van der Waals surface area contributed by atoms with Crippen LogP contribution in [0, 0.1) is 0 Å². The van der Waals surface area contributed by atoms with E-state index in [1.165, 1.54) is 0 Å². The van der Waals surface area contributed by atoms with Gasteiger partial charge in [-0.05, 0) is 39.8 Å². The maximum absolute atomic E-state index is 12.1. The van der Waals surface area contributed by atoms with Crippen molar-refractivity contribution in [2.75, 3.05) is 0 Å². The summed E-state index contributed by atoms with van der Waals surface area (Å²) in [5.74, 6) is -0.747. The van der Waals surface area contributed by atoms with Crippen LogP contribution in [0.15, 0.2) is 34.7 Å². The predicted octanol–water partition coefficient (Wildman–Crippen LogP) is 2.89. The summed E-state index contributed by atoms with van der Waals surface area (Å²) < 4.78 is 10.7. The monoisotopic (exact) mass is 289 g/mol. The van der Waals surface area contributed by atoms with E-state index in [9.17, 15) is 9.59 Å². The van der Waals surface area contributed by atoms with E-state index in [1.54, 1.807) is 39.8 Å². The zero-order valence-corrected chi connectivity index (χ0v) is 12.6. The summed E-state index contributed by atoms with van der Waals surface area (Å²) in [6.07, 6.45) is 0. The fraction of sp³-hybridized carbons (Fsp3) is 0.375. The second-order valence-electron chi connectivity index (χ2n) is 5.88. The number of hydrogen-bond donors (Lipinski definition) is 1. The lowest BCUT2D eigenvalue weighted by Crippen LogP contribution is -2.42. The first-order valence-corrected chi connectivity index (χ1v) is 6.78. The zero-order chi connectivity index (χ0) is 15.6. The second-order valence-corrected chi connectivity index (χ2v) is 5.88. The Morgan fingerprint density at radius 1 is 1.24 bits per heavy atom. The second kappa shape index (κ2) is 5.60. The molecular formula is C16H19NO4. The third-order valence-electron chi connectivity index (χ3n) is 2.76. The van der Waals surface area contributed by atoms with Crippen molar-refractivity contribution in [2.45, 2.75) is 39.3 Å². The molecule has 1 amide bonds. The largest absolute Gasteiger partial charge is 0.458 e. The first-order valence-electron chi connectivity index (χ1n) is 6.78. The number of benzene rings is 1. The Kier molecular flexibility index (Phi) is 4.02. The molecule has 1 aromatic carbocycles. The van der Waals surface area contributed by atoms with Gasteiger partial charge < -0.3 is 14.5 Å². The van der Waals surface area contributed by atoms with E-state index in [-0.39, 0.29) is 5.76 Å². The molecule has 0 saturated carbocycles. The molecule has 0 fully saturated rings. The first-order chi connectivity index (χ1) is 9.76. The summed E-state index contributed by atoms with van der Waals surface area (Å²) in [6, 6.07) is 8.23. The summed E-state index contributed by atoms with van der Waals surface area (Å²) in [5, 5.41) is 3.41. The average molecular weight is 289 g/mol. The van der Waals surface area contributed by atoms with E-state index in [4.69, 9.17) is 9.15 Å². The molecule has 21 heavy (non-hydrogen) atoms. The summed E-state index contributed by atoms with van der Waals surface area (Å²) >= 11 is 0. The Bertz CT molecular complexity index is 633. The normalized spacial score (nSPS) is 13.0. The van der Waals surface area contributed by atoms with Crippen LogP contribution in [0.3, 0.4) is 0 Å². The number of carbonyl (C=O) groups is 2. The van der Waals surface area contributed by atoms with Crippen molar-refractivity contribution in [3.8, 4) is 0 Å². The number of amides is 1. The zero-order valence-electron chi connectivity index (χ0n) is 12.6. The highest BCUT2D eigenvalue weighted by molar-refractivity contribution is 5.98. The number of nitrogens with one attached hydrogen (secondary N) is 1. The number of para-hydroxylation sites is 1. The van der Waals surface area contributed by atoms with Gasteiger partial charge >= 0.3 is 5.97 Å². The van der Waals surface area contributed by atoms with Gasteiger partial charge in [0, 0.05) is 5.39 Å². The highest BCUT2D eigenvalue weighted by Gasteiger charge is 2.24. The van der Waals surface area contributed by atoms with Gasteiger partial charge in [-0.2, -0.15) is 0 Å². The lowest BCUT2D eigenvalue weighted by atomic mass is 10.2. The Balaban J connectivity index is 2.05. The summed E-state index contributed by atoms with van der Waals surface area (Å²) in [5.41, 5.74) is 0.0441. The maximum atomic E-state index is 12.1. The first kappa shape index (κ1) is 15.1. The van der Waals surface area contributed by atoms with Crippen LogP contribution < -0.4 is 5.32 Å². The number of furan rings is 1. The van der Waals surface area contributed by atoms with Crippen LogP contribution in [0.1, 0.15) is 38.2 Å². The molecule has 0 spiro atoms. The number of ether oxygens (including phenoxy) is 1. The van der Waals surface area contributed by atoms with Crippen molar-refractivity contribution in [1.29, 1.82) is 0 Å². The number of hydrogen-bond acceptors (Lipinski definition) is 4. The van der Waals surface area contributed by atoms with Crippen molar-refractivity contribution < 1.29 is 18.7 Å². The van der Waals surface area contributed by atoms with Gasteiger partial charge in [-0.15, -0.1) is 0 Å². The molecule has 1 atom stereocenters. The third kappa shape index (κ3) is 3.84. The molecule has 0 aliphatic rings. The van der Waals surface area contributed by atoms with Crippen molar-refractivity contribution in [1.82, 2.24) is 5.32 Å². The Labute approximate surface area is 123 Å². The molecule has 2 aromatic rings. The van der Waals surface area contributed by atoms with Crippen LogP contribution in [-0.4, -0.2) is 23.5 Å². The topological polar surface area (TPSA) is 68.5 Å². The molecule has 112 valence electrons. The highest BCUT2D eigenvalue weighted by atomic mass is 16.6. The van der Waals surface area contributed by atoms with Crippen molar-refractivity contribution >= 4 is 22.8 Å². The molecule has 1 heterocycles. The summed E-state index contributed by atoms with van der Waals surface area (Å²) in [7, 11) is 0. The highest BCUT2D eigenvalue weighted by Crippen LogP contribution is 2.18. The Morgan fingerprint density at radius 2 is 1.90 bits per heavy atom. The molecule has 0 bridgehead atoms. The smallest absolute Gasteiger partial charge is 0.328 e. The lowest BCUT2D eigenvalue weighted by Gasteiger charge is -2.22. The van der Waals surface area contributed by atoms with E-state index >= 15 is 0 Å². The summed E-state index contributed by atoms with van der Waals surface area (Å²) in [6.45, 7) is 6.91. The van der Waals surface area contributed by atoms with Gasteiger partial charge in [-0.1, -0.05) is 18.2 Å².